The summed E-state index contributed by atoms with van der Waals surface area (Å²) in [5.41, 5.74) is 2.01. The van der Waals surface area contributed by atoms with Crippen molar-refractivity contribution >= 4 is 60.1 Å². The second-order valence-corrected chi connectivity index (χ2v) is 6.50. The van der Waals surface area contributed by atoms with Gasteiger partial charge in [-0.1, -0.05) is 49.5 Å². The van der Waals surface area contributed by atoms with Crippen molar-refractivity contribution in [3.8, 4) is 0 Å². The van der Waals surface area contributed by atoms with Gasteiger partial charge in [-0.2, -0.15) is 0 Å². The number of halogens is 3. The smallest absolute Gasteiger partial charge is 0.196 e. The first kappa shape index (κ1) is 13.9. The first-order chi connectivity index (χ1) is 9.58. The molecule has 20 heavy (non-hydrogen) atoms. The van der Waals surface area contributed by atoms with Crippen molar-refractivity contribution in [1.82, 2.24) is 4.98 Å². The van der Waals surface area contributed by atoms with Gasteiger partial charge in [0.05, 0.1) is 5.02 Å². The number of ketones is 1. The van der Waals surface area contributed by atoms with Crippen LogP contribution in [0.15, 0.2) is 51.5 Å². The van der Waals surface area contributed by atoms with E-state index in [2.05, 4.69) is 36.8 Å². The number of rotatable bonds is 2. The van der Waals surface area contributed by atoms with Crippen LogP contribution < -0.4 is 0 Å². The van der Waals surface area contributed by atoms with Crippen LogP contribution in [0.4, 0.5) is 0 Å². The highest BCUT2D eigenvalue weighted by molar-refractivity contribution is 9.11. The van der Waals surface area contributed by atoms with E-state index in [9.17, 15) is 4.79 Å². The highest BCUT2D eigenvalue weighted by Gasteiger charge is 2.18. The monoisotopic (exact) mass is 411 g/mol. The average Bonchev–Trinajstić information content (AvgIpc) is 2.83. The van der Waals surface area contributed by atoms with Crippen LogP contribution in [0.5, 0.6) is 0 Å². The van der Waals surface area contributed by atoms with E-state index in [4.69, 9.17) is 11.6 Å². The highest BCUT2D eigenvalue weighted by Crippen LogP contribution is 2.30. The number of aromatic nitrogens is 1. The molecule has 0 aliphatic heterocycles. The summed E-state index contributed by atoms with van der Waals surface area (Å²) in [4.78, 5) is 15.8. The fourth-order valence-corrected chi connectivity index (χ4v) is 3.48. The van der Waals surface area contributed by atoms with Crippen molar-refractivity contribution in [2.24, 2.45) is 0 Å². The lowest BCUT2D eigenvalue weighted by Crippen LogP contribution is -2.01. The minimum atomic E-state index is -0.0966. The van der Waals surface area contributed by atoms with E-state index < -0.39 is 0 Å². The third-order valence-corrected chi connectivity index (χ3v) is 4.54. The summed E-state index contributed by atoms with van der Waals surface area (Å²) in [5.74, 6) is -0.0966. The number of aromatic amines is 1. The van der Waals surface area contributed by atoms with Crippen LogP contribution in [0, 0.1) is 0 Å². The number of benzene rings is 2. The van der Waals surface area contributed by atoms with Crippen molar-refractivity contribution in [2.45, 2.75) is 0 Å². The minimum Gasteiger partial charge on any atom is -0.360 e. The maximum Gasteiger partial charge on any atom is 0.196 e. The molecule has 0 radical (unpaired) electrons. The molecule has 0 amide bonds. The van der Waals surface area contributed by atoms with Crippen LogP contribution in [0.25, 0.3) is 10.9 Å². The van der Waals surface area contributed by atoms with Gasteiger partial charge in [-0.05, 0) is 30.3 Å². The Morgan fingerprint density at radius 2 is 1.90 bits per heavy atom. The van der Waals surface area contributed by atoms with Gasteiger partial charge in [0.25, 0.3) is 0 Å². The molecular weight excluding hydrogens is 405 g/mol. The van der Waals surface area contributed by atoms with E-state index in [0.29, 0.717) is 16.1 Å². The zero-order valence-electron chi connectivity index (χ0n) is 10.1. The lowest BCUT2D eigenvalue weighted by atomic mass is 10.0. The third-order valence-electron chi connectivity index (χ3n) is 3.08. The Labute approximate surface area is 137 Å². The van der Waals surface area contributed by atoms with Gasteiger partial charge >= 0.3 is 0 Å². The molecule has 1 heterocycles. The maximum absolute atomic E-state index is 12.7. The van der Waals surface area contributed by atoms with Gasteiger partial charge < -0.3 is 4.98 Å². The minimum absolute atomic E-state index is 0.0966. The molecule has 0 aliphatic carbocycles. The summed E-state index contributed by atoms with van der Waals surface area (Å²) < 4.78 is 1.73. The van der Waals surface area contributed by atoms with Crippen LogP contribution in [0.1, 0.15) is 15.9 Å². The molecule has 0 spiro atoms. The molecule has 0 atom stereocenters. The quantitative estimate of drug-likeness (QED) is 0.547. The van der Waals surface area contributed by atoms with E-state index in [1.54, 1.807) is 18.3 Å². The van der Waals surface area contributed by atoms with Gasteiger partial charge in [0, 0.05) is 37.2 Å². The molecular formula is C15H8Br2ClNO. The van der Waals surface area contributed by atoms with Gasteiger partial charge in [-0.25, -0.2) is 0 Å². The number of nitrogens with one attached hydrogen (secondary N) is 1. The summed E-state index contributed by atoms with van der Waals surface area (Å²) in [5, 5.41) is 1.31. The fourth-order valence-electron chi connectivity index (χ4n) is 2.14. The van der Waals surface area contributed by atoms with E-state index in [1.807, 2.05) is 24.3 Å². The predicted octanol–water partition coefficient (Wildman–Crippen LogP) is 5.58. The average molecular weight is 413 g/mol. The van der Waals surface area contributed by atoms with Crippen LogP contribution in [-0.2, 0) is 0 Å². The standard InChI is InChI=1S/C15H8Br2ClNO/c16-8-4-5-9(12(18)6-8)15(20)10-7-19-13-3-1-2-11(17)14(10)13/h1-7,19H. The number of fused-ring (bicyclic) bond motifs is 1. The molecule has 0 fully saturated rings. The summed E-state index contributed by atoms with van der Waals surface area (Å²) in [7, 11) is 0. The van der Waals surface area contributed by atoms with Crippen molar-refractivity contribution < 1.29 is 4.79 Å². The van der Waals surface area contributed by atoms with Gasteiger partial charge in [-0.15, -0.1) is 0 Å². The lowest BCUT2D eigenvalue weighted by molar-refractivity contribution is 0.104. The Balaban J connectivity index is 2.18. The zero-order valence-corrected chi connectivity index (χ0v) is 14.0. The lowest BCUT2D eigenvalue weighted by Gasteiger charge is -2.04. The van der Waals surface area contributed by atoms with Crippen LogP contribution in [0.2, 0.25) is 5.02 Å². The predicted molar refractivity (Wildman–Crippen MR) is 88.6 cm³/mol. The molecule has 1 N–H and O–H groups in total. The van der Waals surface area contributed by atoms with Crippen LogP contribution in [0.3, 0.4) is 0 Å². The largest absolute Gasteiger partial charge is 0.360 e. The summed E-state index contributed by atoms with van der Waals surface area (Å²) >= 11 is 13.0. The van der Waals surface area contributed by atoms with E-state index >= 15 is 0 Å². The molecule has 2 aromatic carbocycles. The Kier molecular flexibility index (Phi) is 3.71. The molecule has 5 heteroatoms. The number of H-pyrrole nitrogens is 1. The first-order valence-corrected chi connectivity index (χ1v) is 7.79. The summed E-state index contributed by atoms with van der Waals surface area (Å²) in [6, 6.07) is 11.0. The van der Waals surface area contributed by atoms with Crippen LogP contribution >= 0.6 is 43.5 Å². The fraction of sp³-hybridized carbons (Fsp3) is 0. The zero-order chi connectivity index (χ0) is 14.3. The van der Waals surface area contributed by atoms with E-state index in [1.165, 1.54) is 0 Å². The van der Waals surface area contributed by atoms with Gasteiger partial charge in [-0.3, -0.25) is 4.79 Å². The number of carbonyl (C=O) groups excluding carboxylic acids is 1. The molecule has 0 bridgehead atoms. The second kappa shape index (κ2) is 5.35. The molecule has 3 aromatic rings. The SMILES string of the molecule is O=C(c1ccc(Br)cc1Cl)c1c[nH]c2cccc(Br)c12. The molecule has 0 saturated heterocycles. The molecule has 100 valence electrons. The topological polar surface area (TPSA) is 32.9 Å². The van der Waals surface area contributed by atoms with Crippen LogP contribution in [-0.4, -0.2) is 10.8 Å². The van der Waals surface area contributed by atoms with Crippen molar-refractivity contribution in [1.29, 1.82) is 0 Å². The number of carbonyl (C=O) groups is 1. The maximum atomic E-state index is 12.7. The normalized spacial score (nSPS) is 10.9. The highest BCUT2D eigenvalue weighted by atomic mass is 79.9. The Hall–Kier alpha value is -1.10. The molecule has 0 unspecified atom stereocenters. The van der Waals surface area contributed by atoms with E-state index in [0.717, 1.165) is 19.8 Å². The summed E-state index contributed by atoms with van der Waals surface area (Å²) in [6.07, 6.45) is 1.72. The number of hydrogen-bond donors (Lipinski definition) is 1. The summed E-state index contributed by atoms with van der Waals surface area (Å²) in [6.45, 7) is 0. The molecule has 2 nitrogen and oxygen atoms in total. The third kappa shape index (κ3) is 2.32. The van der Waals surface area contributed by atoms with Crippen molar-refractivity contribution in [3.63, 3.8) is 0 Å². The molecule has 3 rings (SSSR count). The van der Waals surface area contributed by atoms with Crippen molar-refractivity contribution in [2.75, 3.05) is 0 Å². The Morgan fingerprint density at radius 1 is 1.10 bits per heavy atom. The van der Waals surface area contributed by atoms with E-state index in [-0.39, 0.29) is 5.78 Å². The van der Waals surface area contributed by atoms with Gasteiger partial charge in [0.1, 0.15) is 0 Å². The molecule has 0 saturated carbocycles. The van der Waals surface area contributed by atoms with Crippen molar-refractivity contribution in [3.05, 3.63) is 67.7 Å². The first-order valence-electron chi connectivity index (χ1n) is 5.83. The second-order valence-electron chi connectivity index (χ2n) is 4.32. The number of hydrogen-bond acceptors (Lipinski definition) is 1. The van der Waals surface area contributed by atoms with Gasteiger partial charge in [0.15, 0.2) is 5.78 Å². The molecule has 1 aromatic heterocycles. The Morgan fingerprint density at radius 3 is 2.65 bits per heavy atom. The Bertz CT molecular complexity index is 826. The molecule has 0 aliphatic rings. The van der Waals surface area contributed by atoms with Gasteiger partial charge in [0.2, 0.25) is 0 Å².